The fourth-order valence-corrected chi connectivity index (χ4v) is 1.65. The molecule has 0 aromatic carbocycles. The minimum absolute atomic E-state index is 0. The number of pyridine rings is 1. The molecule has 0 saturated heterocycles. The van der Waals surface area contributed by atoms with E-state index < -0.39 is 0 Å². The summed E-state index contributed by atoms with van der Waals surface area (Å²) in [6, 6.07) is 6.15. The molecule has 3 heteroatoms. The number of aromatic nitrogens is 1. The van der Waals surface area contributed by atoms with E-state index in [0.29, 0.717) is 11.8 Å². The second kappa shape index (κ2) is 4.83. The van der Waals surface area contributed by atoms with Crippen LogP contribution in [0.2, 0.25) is 0 Å². The van der Waals surface area contributed by atoms with Crippen molar-refractivity contribution in [1.29, 1.82) is 0 Å². The van der Waals surface area contributed by atoms with Crippen LogP contribution in [0.1, 0.15) is 36.6 Å². The van der Waals surface area contributed by atoms with Gasteiger partial charge in [-0.3, -0.25) is 4.98 Å². The summed E-state index contributed by atoms with van der Waals surface area (Å²) < 4.78 is 0. The molecule has 0 spiro atoms. The number of rotatable bonds is 2. The molecule has 1 aromatic rings. The highest BCUT2D eigenvalue weighted by Crippen LogP contribution is 2.35. The van der Waals surface area contributed by atoms with Crippen molar-refractivity contribution in [2.75, 3.05) is 0 Å². The Morgan fingerprint density at radius 1 is 1.38 bits per heavy atom. The third kappa shape index (κ3) is 2.35. The van der Waals surface area contributed by atoms with Crippen LogP contribution in [-0.4, -0.2) is 4.98 Å². The van der Waals surface area contributed by atoms with Crippen LogP contribution in [-0.2, 0) is 5.88 Å². The summed E-state index contributed by atoms with van der Waals surface area (Å²) in [7, 11) is 0. The Morgan fingerprint density at radius 3 is 2.69 bits per heavy atom. The number of alkyl halides is 1. The Balaban J connectivity index is 0.000000845. The third-order valence-electron chi connectivity index (χ3n) is 2.49. The number of hydrogen-bond donors (Lipinski definition) is 0. The van der Waals surface area contributed by atoms with Crippen LogP contribution in [0.25, 0.3) is 0 Å². The maximum Gasteiger partial charge on any atom is 0.0647 e. The van der Waals surface area contributed by atoms with Crippen LogP contribution in [0.4, 0.5) is 0 Å². The highest BCUT2D eigenvalue weighted by Gasteiger charge is 2.20. The van der Waals surface area contributed by atoms with Gasteiger partial charge in [0, 0.05) is 11.6 Å². The number of hydrogen-bond acceptors (Lipinski definition) is 1. The quantitative estimate of drug-likeness (QED) is 0.692. The van der Waals surface area contributed by atoms with Crippen LogP contribution >= 0.6 is 24.0 Å². The van der Waals surface area contributed by atoms with E-state index in [-0.39, 0.29) is 12.4 Å². The molecule has 0 unspecified atom stereocenters. The second-order valence-corrected chi connectivity index (χ2v) is 3.58. The van der Waals surface area contributed by atoms with E-state index in [1.807, 2.05) is 6.07 Å². The Bertz CT molecular complexity index is 271. The molecule has 2 rings (SSSR count). The molecule has 72 valence electrons. The molecule has 1 heterocycles. The van der Waals surface area contributed by atoms with Gasteiger partial charge in [-0.2, -0.15) is 0 Å². The largest absolute Gasteiger partial charge is 0.256 e. The number of nitrogens with zero attached hydrogens (tertiary/aromatic N) is 1. The molecule has 0 N–H and O–H groups in total. The minimum Gasteiger partial charge on any atom is -0.256 e. The van der Waals surface area contributed by atoms with Crippen molar-refractivity contribution >= 4 is 24.0 Å². The lowest BCUT2D eigenvalue weighted by molar-refractivity contribution is 0.410. The molecule has 0 aliphatic heterocycles. The lowest BCUT2D eigenvalue weighted by Gasteiger charge is -2.24. The zero-order valence-corrected chi connectivity index (χ0v) is 8.94. The van der Waals surface area contributed by atoms with Crippen molar-refractivity contribution < 1.29 is 0 Å². The SMILES string of the molecule is Cl.ClCc1cccc(C2CCC2)n1. The summed E-state index contributed by atoms with van der Waals surface area (Å²) >= 11 is 5.70. The van der Waals surface area contributed by atoms with Gasteiger partial charge in [0.25, 0.3) is 0 Å². The molecule has 0 radical (unpaired) electrons. The molecule has 0 amide bonds. The monoisotopic (exact) mass is 217 g/mol. The Hall–Kier alpha value is -0.270. The van der Waals surface area contributed by atoms with Gasteiger partial charge in [0.2, 0.25) is 0 Å². The Morgan fingerprint density at radius 2 is 2.15 bits per heavy atom. The average Bonchev–Trinajstić information content (AvgIpc) is 2.02. The average molecular weight is 218 g/mol. The van der Waals surface area contributed by atoms with E-state index in [9.17, 15) is 0 Å². The van der Waals surface area contributed by atoms with Gasteiger partial charge < -0.3 is 0 Å². The first-order valence-electron chi connectivity index (χ1n) is 4.42. The van der Waals surface area contributed by atoms with Gasteiger partial charge in [0.1, 0.15) is 0 Å². The standard InChI is InChI=1S/C10H12ClN.ClH/c11-7-9-5-2-6-10(12-9)8-3-1-4-8;/h2,5-6,8H,1,3-4,7H2;1H. The fraction of sp³-hybridized carbons (Fsp3) is 0.500. The van der Waals surface area contributed by atoms with Gasteiger partial charge >= 0.3 is 0 Å². The zero-order chi connectivity index (χ0) is 8.39. The molecular formula is C10H13Cl2N. The summed E-state index contributed by atoms with van der Waals surface area (Å²) in [5.41, 5.74) is 2.24. The van der Waals surface area contributed by atoms with Crippen molar-refractivity contribution in [3.8, 4) is 0 Å². The minimum atomic E-state index is 0. The summed E-state index contributed by atoms with van der Waals surface area (Å²) in [6.07, 6.45) is 3.97. The molecule has 0 bridgehead atoms. The molecular weight excluding hydrogens is 205 g/mol. The second-order valence-electron chi connectivity index (χ2n) is 3.32. The zero-order valence-electron chi connectivity index (χ0n) is 7.37. The van der Waals surface area contributed by atoms with Gasteiger partial charge in [0.15, 0.2) is 0 Å². The van der Waals surface area contributed by atoms with E-state index in [1.165, 1.54) is 25.0 Å². The predicted molar refractivity (Wildman–Crippen MR) is 57.6 cm³/mol. The smallest absolute Gasteiger partial charge is 0.0647 e. The van der Waals surface area contributed by atoms with Crippen LogP contribution in [0.3, 0.4) is 0 Å². The first-order chi connectivity index (χ1) is 5.90. The Labute approximate surface area is 89.9 Å². The predicted octanol–water partition coefficient (Wildman–Crippen LogP) is 3.51. The lowest BCUT2D eigenvalue weighted by atomic mass is 9.83. The van der Waals surface area contributed by atoms with Crippen LogP contribution in [0.15, 0.2) is 18.2 Å². The highest BCUT2D eigenvalue weighted by atomic mass is 35.5. The first-order valence-corrected chi connectivity index (χ1v) is 4.95. The van der Waals surface area contributed by atoms with Crippen molar-refractivity contribution in [1.82, 2.24) is 4.98 Å². The van der Waals surface area contributed by atoms with E-state index in [2.05, 4.69) is 17.1 Å². The first kappa shape index (κ1) is 10.8. The normalized spacial score (nSPS) is 16.1. The van der Waals surface area contributed by atoms with Crippen molar-refractivity contribution in [2.45, 2.75) is 31.1 Å². The molecule has 1 aliphatic rings. The van der Waals surface area contributed by atoms with Gasteiger partial charge in [-0.05, 0) is 25.0 Å². The maximum atomic E-state index is 5.70. The molecule has 1 aliphatic carbocycles. The highest BCUT2D eigenvalue weighted by molar-refractivity contribution is 6.16. The summed E-state index contributed by atoms with van der Waals surface area (Å²) in [5.74, 6) is 1.24. The van der Waals surface area contributed by atoms with Gasteiger partial charge in [-0.25, -0.2) is 0 Å². The van der Waals surface area contributed by atoms with Crippen molar-refractivity contribution in [2.24, 2.45) is 0 Å². The van der Waals surface area contributed by atoms with Crippen molar-refractivity contribution in [3.63, 3.8) is 0 Å². The van der Waals surface area contributed by atoms with E-state index in [4.69, 9.17) is 11.6 Å². The topological polar surface area (TPSA) is 12.9 Å². The van der Waals surface area contributed by atoms with Crippen LogP contribution in [0.5, 0.6) is 0 Å². The van der Waals surface area contributed by atoms with E-state index >= 15 is 0 Å². The van der Waals surface area contributed by atoms with Gasteiger partial charge in [0.05, 0.1) is 11.6 Å². The molecule has 13 heavy (non-hydrogen) atoms. The van der Waals surface area contributed by atoms with Crippen LogP contribution < -0.4 is 0 Å². The maximum absolute atomic E-state index is 5.70. The summed E-state index contributed by atoms with van der Waals surface area (Å²) in [6.45, 7) is 0. The molecule has 1 saturated carbocycles. The van der Waals surface area contributed by atoms with Gasteiger partial charge in [-0.1, -0.05) is 12.5 Å². The fourth-order valence-electron chi connectivity index (χ4n) is 1.50. The van der Waals surface area contributed by atoms with Crippen LogP contribution in [0, 0.1) is 0 Å². The van der Waals surface area contributed by atoms with E-state index in [1.54, 1.807) is 0 Å². The third-order valence-corrected chi connectivity index (χ3v) is 2.76. The lowest BCUT2D eigenvalue weighted by Crippen LogP contribution is -2.10. The molecule has 1 aromatic heterocycles. The molecule has 1 fully saturated rings. The van der Waals surface area contributed by atoms with Crippen molar-refractivity contribution in [3.05, 3.63) is 29.6 Å². The molecule has 1 nitrogen and oxygen atoms in total. The van der Waals surface area contributed by atoms with Gasteiger partial charge in [-0.15, -0.1) is 24.0 Å². The summed E-state index contributed by atoms with van der Waals surface area (Å²) in [5, 5.41) is 0. The van der Waals surface area contributed by atoms with E-state index in [0.717, 1.165) is 5.69 Å². The number of halogens is 2. The summed E-state index contributed by atoms with van der Waals surface area (Å²) in [4.78, 5) is 4.48. The molecule has 0 atom stereocenters. The Kier molecular flexibility index (Phi) is 4.01.